The van der Waals surface area contributed by atoms with Crippen LogP contribution >= 0.6 is 0 Å². The summed E-state index contributed by atoms with van der Waals surface area (Å²) in [5.74, 6) is -0.735. The molecule has 0 unspecified atom stereocenters. The van der Waals surface area contributed by atoms with Crippen molar-refractivity contribution in [3.05, 3.63) is 65.0 Å². The van der Waals surface area contributed by atoms with Crippen LogP contribution in [0.1, 0.15) is 29.2 Å². The number of nitrogens with zero attached hydrogens (tertiary/aromatic N) is 1. The zero-order valence-electron chi connectivity index (χ0n) is 12.6. The molecule has 0 fully saturated rings. The number of anilines is 1. The number of amides is 1. The third-order valence-corrected chi connectivity index (χ3v) is 4.16. The average Bonchev–Trinajstić information content (AvgIpc) is 2.49. The number of primary amides is 1. The van der Waals surface area contributed by atoms with E-state index < -0.39 is 11.9 Å². The second-order valence-corrected chi connectivity index (χ2v) is 5.79. The maximum atomic E-state index is 13.1. The van der Waals surface area contributed by atoms with Crippen molar-refractivity contribution in [2.75, 3.05) is 11.4 Å². The fraction of sp³-hybridized carbons (Fsp3) is 0.278. The first-order valence-corrected chi connectivity index (χ1v) is 7.47. The quantitative estimate of drug-likeness (QED) is 0.946. The molecule has 0 spiro atoms. The van der Waals surface area contributed by atoms with Crippen molar-refractivity contribution in [3.8, 4) is 0 Å². The molecule has 2 aromatic carbocycles. The van der Waals surface area contributed by atoms with Crippen molar-refractivity contribution < 1.29 is 9.18 Å². The van der Waals surface area contributed by atoms with Crippen molar-refractivity contribution in [2.24, 2.45) is 5.73 Å². The van der Waals surface area contributed by atoms with Gasteiger partial charge in [-0.15, -0.1) is 0 Å². The van der Waals surface area contributed by atoms with E-state index in [-0.39, 0.29) is 5.82 Å². The molecule has 0 aromatic heterocycles. The maximum Gasteiger partial charge on any atom is 0.244 e. The van der Waals surface area contributed by atoms with Crippen molar-refractivity contribution >= 4 is 11.6 Å². The van der Waals surface area contributed by atoms with Gasteiger partial charge in [-0.05, 0) is 49.1 Å². The normalized spacial score (nSPS) is 15.3. The molecule has 2 aromatic rings. The fourth-order valence-electron chi connectivity index (χ4n) is 3.17. The van der Waals surface area contributed by atoms with Gasteiger partial charge in [0.25, 0.3) is 0 Å². The Bertz CT molecular complexity index is 697. The molecule has 3 nitrogen and oxygen atoms in total. The van der Waals surface area contributed by atoms with Gasteiger partial charge in [0.1, 0.15) is 11.9 Å². The van der Waals surface area contributed by atoms with E-state index in [0.717, 1.165) is 30.6 Å². The lowest BCUT2D eigenvalue weighted by Crippen LogP contribution is -2.40. The van der Waals surface area contributed by atoms with Gasteiger partial charge in [-0.3, -0.25) is 4.79 Å². The van der Waals surface area contributed by atoms with Gasteiger partial charge in [-0.1, -0.05) is 29.8 Å². The van der Waals surface area contributed by atoms with E-state index in [1.165, 1.54) is 23.3 Å². The first-order chi connectivity index (χ1) is 10.6. The molecule has 4 heteroatoms. The number of carbonyl (C=O) groups excluding carboxylic acids is 1. The third kappa shape index (κ3) is 2.69. The summed E-state index contributed by atoms with van der Waals surface area (Å²) >= 11 is 0. The lowest BCUT2D eigenvalue weighted by atomic mass is 9.95. The van der Waals surface area contributed by atoms with Crippen LogP contribution in [-0.4, -0.2) is 12.5 Å². The Morgan fingerprint density at radius 1 is 1.23 bits per heavy atom. The summed E-state index contributed by atoms with van der Waals surface area (Å²) < 4.78 is 13.1. The first kappa shape index (κ1) is 14.6. The van der Waals surface area contributed by atoms with Crippen LogP contribution < -0.4 is 10.6 Å². The average molecular weight is 298 g/mol. The minimum Gasteiger partial charge on any atom is -0.368 e. The summed E-state index contributed by atoms with van der Waals surface area (Å²) in [6.07, 6.45) is 1.98. The Hall–Kier alpha value is -2.36. The molecule has 1 atom stereocenters. The standard InChI is InChI=1S/C18H19FN2O/c1-12-4-9-16-14(11-12)3-2-10-21(16)17(18(20)22)13-5-7-15(19)8-6-13/h4-9,11,17H,2-3,10H2,1H3,(H2,20,22)/t17-/m0/s1. The lowest BCUT2D eigenvalue weighted by Gasteiger charge is -2.36. The van der Waals surface area contributed by atoms with Crippen LogP contribution in [0.25, 0.3) is 0 Å². The van der Waals surface area contributed by atoms with E-state index in [1.807, 2.05) is 17.0 Å². The molecule has 0 radical (unpaired) electrons. The number of nitrogens with two attached hydrogens (primary N) is 1. The molecule has 1 aliphatic rings. The Labute approximate surface area is 129 Å². The highest BCUT2D eigenvalue weighted by Crippen LogP contribution is 2.34. The largest absolute Gasteiger partial charge is 0.368 e. The van der Waals surface area contributed by atoms with Crippen molar-refractivity contribution in [1.29, 1.82) is 0 Å². The lowest BCUT2D eigenvalue weighted by molar-refractivity contribution is -0.119. The smallest absolute Gasteiger partial charge is 0.244 e. The van der Waals surface area contributed by atoms with Crippen LogP contribution in [-0.2, 0) is 11.2 Å². The molecule has 1 amide bonds. The van der Waals surface area contributed by atoms with E-state index in [4.69, 9.17) is 5.73 Å². The Morgan fingerprint density at radius 2 is 1.95 bits per heavy atom. The number of benzene rings is 2. The minimum atomic E-state index is -0.567. The Kier molecular flexibility index (Phi) is 3.84. The molecule has 3 rings (SSSR count). The molecule has 1 aliphatic heterocycles. The third-order valence-electron chi connectivity index (χ3n) is 4.16. The van der Waals surface area contributed by atoms with Crippen LogP contribution in [0.15, 0.2) is 42.5 Å². The van der Waals surface area contributed by atoms with Crippen molar-refractivity contribution in [2.45, 2.75) is 25.8 Å². The predicted octanol–water partition coefficient (Wildman–Crippen LogP) is 3.11. The summed E-state index contributed by atoms with van der Waals surface area (Å²) in [6.45, 7) is 2.83. The molecule has 1 heterocycles. The highest BCUT2D eigenvalue weighted by molar-refractivity contribution is 5.85. The molecule has 0 saturated carbocycles. The molecular weight excluding hydrogens is 279 g/mol. The number of hydrogen-bond donors (Lipinski definition) is 1. The summed E-state index contributed by atoms with van der Waals surface area (Å²) in [7, 11) is 0. The second kappa shape index (κ2) is 5.79. The monoisotopic (exact) mass is 298 g/mol. The predicted molar refractivity (Wildman–Crippen MR) is 85.2 cm³/mol. The zero-order valence-corrected chi connectivity index (χ0v) is 12.6. The molecule has 2 N–H and O–H groups in total. The summed E-state index contributed by atoms with van der Waals surface area (Å²) in [4.78, 5) is 14.1. The minimum absolute atomic E-state index is 0.318. The zero-order chi connectivity index (χ0) is 15.7. The van der Waals surface area contributed by atoms with Crippen molar-refractivity contribution in [1.82, 2.24) is 0 Å². The number of fused-ring (bicyclic) bond motifs is 1. The molecule has 22 heavy (non-hydrogen) atoms. The maximum absolute atomic E-state index is 13.1. The van der Waals surface area contributed by atoms with E-state index in [2.05, 4.69) is 13.0 Å². The van der Waals surface area contributed by atoms with Crippen LogP contribution in [0, 0.1) is 12.7 Å². The second-order valence-electron chi connectivity index (χ2n) is 5.79. The van der Waals surface area contributed by atoms with E-state index in [0.29, 0.717) is 0 Å². The van der Waals surface area contributed by atoms with E-state index >= 15 is 0 Å². The molecular formula is C18H19FN2O. The van der Waals surface area contributed by atoms with Crippen LogP contribution in [0.5, 0.6) is 0 Å². The number of hydrogen-bond acceptors (Lipinski definition) is 2. The van der Waals surface area contributed by atoms with Gasteiger partial charge in [0.2, 0.25) is 5.91 Å². The number of carbonyl (C=O) groups is 1. The molecule has 114 valence electrons. The highest BCUT2D eigenvalue weighted by Gasteiger charge is 2.29. The number of aryl methyl sites for hydroxylation is 2. The Morgan fingerprint density at radius 3 is 2.64 bits per heavy atom. The SMILES string of the molecule is Cc1ccc2c(c1)CCCN2[C@H](C(N)=O)c1ccc(F)cc1. The van der Waals surface area contributed by atoms with Gasteiger partial charge >= 0.3 is 0 Å². The van der Waals surface area contributed by atoms with Gasteiger partial charge in [-0.2, -0.15) is 0 Å². The van der Waals surface area contributed by atoms with Gasteiger partial charge in [0, 0.05) is 12.2 Å². The van der Waals surface area contributed by atoms with Crippen LogP contribution in [0.3, 0.4) is 0 Å². The summed E-state index contributed by atoms with van der Waals surface area (Å²) in [5.41, 5.74) is 9.86. The van der Waals surface area contributed by atoms with E-state index in [1.54, 1.807) is 12.1 Å². The van der Waals surface area contributed by atoms with Gasteiger partial charge in [-0.25, -0.2) is 4.39 Å². The summed E-state index contributed by atoms with van der Waals surface area (Å²) in [5, 5.41) is 0. The topological polar surface area (TPSA) is 46.3 Å². The fourth-order valence-corrected chi connectivity index (χ4v) is 3.17. The summed E-state index contributed by atoms with van der Waals surface area (Å²) in [6, 6.07) is 11.7. The molecule has 0 aliphatic carbocycles. The molecule has 0 bridgehead atoms. The van der Waals surface area contributed by atoms with Crippen LogP contribution in [0.4, 0.5) is 10.1 Å². The van der Waals surface area contributed by atoms with Crippen LogP contribution in [0.2, 0.25) is 0 Å². The molecule has 0 saturated heterocycles. The van der Waals surface area contributed by atoms with Gasteiger partial charge < -0.3 is 10.6 Å². The first-order valence-electron chi connectivity index (χ1n) is 7.47. The van der Waals surface area contributed by atoms with Crippen molar-refractivity contribution in [3.63, 3.8) is 0 Å². The number of rotatable bonds is 3. The highest BCUT2D eigenvalue weighted by atomic mass is 19.1. The van der Waals surface area contributed by atoms with Gasteiger partial charge in [0.15, 0.2) is 0 Å². The Balaban J connectivity index is 2.04. The van der Waals surface area contributed by atoms with Gasteiger partial charge in [0.05, 0.1) is 0 Å². The number of halogens is 1. The van der Waals surface area contributed by atoms with E-state index in [9.17, 15) is 9.18 Å².